The van der Waals surface area contributed by atoms with Crippen LogP contribution in [0.3, 0.4) is 0 Å². The Bertz CT molecular complexity index is 322. The first-order valence-electron chi connectivity index (χ1n) is 4.65. The predicted molar refractivity (Wildman–Crippen MR) is 55.4 cm³/mol. The van der Waals surface area contributed by atoms with Gasteiger partial charge in [-0.2, -0.15) is 0 Å². The van der Waals surface area contributed by atoms with Crippen LogP contribution in [0, 0.1) is 0 Å². The molecular formula is C10H14N2O3. The molecule has 1 aromatic heterocycles. The summed E-state index contributed by atoms with van der Waals surface area (Å²) in [5.41, 5.74) is 1.09. The fourth-order valence-electron chi connectivity index (χ4n) is 0.953. The number of aliphatic hydroxyl groups excluding tert-OH is 1. The van der Waals surface area contributed by atoms with Crippen molar-refractivity contribution in [2.45, 2.75) is 26.6 Å². The van der Waals surface area contributed by atoms with Gasteiger partial charge in [-0.15, -0.1) is 0 Å². The smallest absolute Gasteiger partial charge is 0.411 e. The van der Waals surface area contributed by atoms with Gasteiger partial charge in [0.25, 0.3) is 0 Å². The average molecular weight is 210 g/mol. The number of aromatic nitrogens is 1. The molecule has 0 unspecified atom stereocenters. The van der Waals surface area contributed by atoms with Crippen molar-refractivity contribution in [1.82, 2.24) is 4.98 Å². The van der Waals surface area contributed by atoms with Crippen molar-refractivity contribution < 1.29 is 14.6 Å². The van der Waals surface area contributed by atoms with Crippen molar-refractivity contribution in [1.29, 1.82) is 0 Å². The zero-order chi connectivity index (χ0) is 11.3. The number of hydrogen-bond acceptors (Lipinski definition) is 4. The van der Waals surface area contributed by atoms with Gasteiger partial charge >= 0.3 is 6.09 Å². The fraction of sp³-hybridized carbons (Fsp3) is 0.400. The van der Waals surface area contributed by atoms with E-state index >= 15 is 0 Å². The number of pyridine rings is 1. The van der Waals surface area contributed by atoms with E-state index in [2.05, 4.69) is 10.3 Å². The molecule has 0 radical (unpaired) electrons. The van der Waals surface area contributed by atoms with Crippen LogP contribution in [0.4, 0.5) is 10.5 Å². The highest BCUT2D eigenvalue weighted by atomic mass is 16.6. The van der Waals surface area contributed by atoms with Crippen molar-refractivity contribution in [3.05, 3.63) is 24.0 Å². The molecule has 1 rings (SSSR count). The van der Waals surface area contributed by atoms with E-state index in [9.17, 15) is 4.79 Å². The summed E-state index contributed by atoms with van der Waals surface area (Å²) < 4.78 is 4.88. The summed E-state index contributed by atoms with van der Waals surface area (Å²) in [6.45, 7) is 3.43. The second kappa shape index (κ2) is 5.31. The third-order valence-electron chi connectivity index (χ3n) is 1.58. The van der Waals surface area contributed by atoms with Gasteiger partial charge in [-0.1, -0.05) is 0 Å². The molecule has 0 atom stereocenters. The molecule has 2 N–H and O–H groups in total. The Morgan fingerprint density at radius 2 is 2.33 bits per heavy atom. The van der Waals surface area contributed by atoms with Crippen molar-refractivity contribution in [2.24, 2.45) is 0 Å². The Morgan fingerprint density at radius 1 is 1.60 bits per heavy atom. The van der Waals surface area contributed by atoms with Crippen LogP contribution in [0.15, 0.2) is 18.3 Å². The third kappa shape index (κ3) is 3.95. The van der Waals surface area contributed by atoms with E-state index in [0.29, 0.717) is 11.4 Å². The molecule has 0 saturated carbocycles. The Labute approximate surface area is 88.1 Å². The fourth-order valence-corrected chi connectivity index (χ4v) is 0.953. The normalized spacial score (nSPS) is 10.1. The maximum atomic E-state index is 11.2. The minimum atomic E-state index is -0.511. The van der Waals surface area contributed by atoms with E-state index in [4.69, 9.17) is 9.84 Å². The zero-order valence-corrected chi connectivity index (χ0v) is 8.73. The largest absolute Gasteiger partial charge is 0.447 e. The van der Waals surface area contributed by atoms with E-state index in [1.54, 1.807) is 26.0 Å². The summed E-state index contributed by atoms with van der Waals surface area (Å²) in [5.74, 6) is 0. The van der Waals surface area contributed by atoms with Gasteiger partial charge in [-0.25, -0.2) is 4.79 Å². The Morgan fingerprint density at radius 3 is 2.80 bits per heavy atom. The molecule has 0 aromatic carbocycles. The number of carbonyl (C=O) groups excluding carboxylic acids is 1. The Balaban J connectivity index is 2.53. The van der Waals surface area contributed by atoms with Crippen LogP contribution in [-0.2, 0) is 11.3 Å². The molecule has 0 spiro atoms. The molecule has 1 heterocycles. The molecule has 1 amide bonds. The SMILES string of the molecule is CC(C)OC(=O)Nc1ccc(CO)nc1. The lowest BCUT2D eigenvalue weighted by atomic mass is 10.3. The van der Waals surface area contributed by atoms with Gasteiger partial charge in [-0.05, 0) is 26.0 Å². The summed E-state index contributed by atoms with van der Waals surface area (Å²) in [6, 6.07) is 3.28. The molecule has 0 fully saturated rings. The number of nitrogens with one attached hydrogen (secondary N) is 1. The number of amides is 1. The number of rotatable bonds is 3. The zero-order valence-electron chi connectivity index (χ0n) is 8.73. The molecule has 5 heteroatoms. The van der Waals surface area contributed by atoms with Crippen LogP contribution >= 0.6 is 0 Å². The summed E-state index contributed by atoms with van der Waals surface area (Å²) in [6.07, 6.45) is 0.797. The summed E-state index contributed by atoms with van der Waals surface area (Å²) in [5, 5.41) is 11.3. The van der Waals surface area contributed by atoms with Gasteiger partial charge < -0.3 is 9.84 Å². The van der Waals surface area contributed by atoms with Crippen molar-refractivity contribution >= 4 is 11.8 Å². The molecular weight excluding hydrogens is 196 g/mol. The lowest BCUT2D eigenvalue weighted by Gasteiger charge is -2.09. The second-order valence-corrected chi connectivity index (χ2v) is 3.28. The van der Waals surface area contributed by atoms with Crippen LogP contribution in [0.1, 0.15) is 19.5 Å². The quantitative estimate of drug-likeness (QED) is 0.793. The maximum Gasteiger partial charge on any atom is 0.411 e. The Hall–Kier alpha value is -1.62. The van der Waals surface area contributed by atoms with Gasteiger partial charge in [-0.3, -0.25) is 10.3 Å². The second-order valence-electron chi connectivity index (χ2n) is 3.28. The lowest BCUT2D eigenvalue weighted by Crippen LogP contribution is -2.18. The summed E-state index contributed by atoms with van der Waals surface area (Å²) in [7, 11) is 0. The first kappa shape index (κ1) is 11.5. The summed E-state index contributed by atoms with van der Waals surface area (Å²) in [4.78, 5) is 15.1. The molecule has 15 heavy (non-hydrogen) atoms. The van der Waals surface area contributed by atoms with Crippen molar-refractivity contribution in [3.8, 4) is 0 Å². The van der Waals surface area contributed by atoms with Crippen molar-refractivity contribution in [2.75, 3.05) is 5.32 Å². The van der Waals surface area contributed by atoms with E-state index in [-0.39, 0.29) is 12.7 Å². The highest BCUT2D eigenvalue weighted by Crippen LogP contribution is 2.07. The molecule has 0 saturated heterocycles. The number of nitrogens with zero attached hydrogens (tertiary/aromatic N) is 1. The van der Waals surface area contributed by atoms with E-state index in [0.717, 1.165) is 0 Å². The highest BCUT2D eigenvalue weighted by molar-refractivity contribution is 5.84. The van der Waals surface area contributed by atoms with E-state index in [1.165, 1.54) is 6.20 Å². The molecule has 0 bridgehead atoms. The maximum absolute atomic E-state index is 11.2. The van der Waals surface area contributed by atoms with Gasteiger partial charge in [0.05, 0.1) is 30.3 Å². The number of aliphatic hydroxyl groups is 1. The molecule has 82 valence electrons. The highest BCUT2D eigenvalue weighted by Gasteiger charge is 2.05. The minimum absolute atomic E-state index is 0.114. The van der Waals surface area contributed by atoms with Gasteiger partial charge in [0.2, 0.25) is 0 Å². The first-order valence-corrected chi connectivity index (χ1v) is 4.65. The monoisotopic (exact) mass is 210 g/mol. The molecule has 0 aliphatic rings. The van der Waals surface area contributed by atoms with E-state index in [1.807, 2.05) is 0 Å². The van der Waals surface area contributed by atoms with Gasteiger partial charge in [0, 0.05) is 0 Å². The average Bonchev–Trinajstić information content (AvgIpc) is 2.17. The third-order valence-corrected chi connectivity index (χ3v) is 1.58. The Kier molecular flexibility index (Phi) is 4.05. The van der Waals surface area contributed by atoms with Gasteiger partial charge in [0.15, 0.2) is 0 Å². The molecule has 1 aromatic rings. The standard InChI is InChI=1S/C10H14N2O3/c1-7(2)15-10(14)12-8-3-4-9(6-13)11-5-8/h3-5,7,13H,6H2,1-2H3,(H,12,14). The number of ether oxygens (including phenoxy) is 1. The van der Waals surface area contributed by atoms with E-state index < -0.39 is 6.09 Å². The predicted octanol–water partition coefficient (Wildman–Crippen LogP) is 1.53. The van der Waals surface area contributed by atoms with Crippen molar-refractivity contribution in [3.63, 3.8) is 0 Å². The minimum Gasteiger partial charge on any atom is -0.447 e. The molecule has 0 aliphatic heterocycles. The van der Waals surface area contributed by atoms with Crippen LogP contribution in [-0.4, -0.2) is 22.3 Å². The lowest BCUT2D eigenvalue weighted by molar-refractivity contribution is 0.130. The molecule has 5 nitrogen and oxygen atoms in total. The molecule has 0 aliphatic carbocycles. The topological polar surface area (TPSA) is 71.5 Å². The van der Waals surface area contributed by atoms with Crippen LogP contribution in [0.5, 0.6) is 0 Å². The number of hydrogen-bond donors (Lipinski definition) is 2. The summed E-state index contributed by atoms with van der Waals surface area (Å²) >= 11 is 0. The van der Waals surface area contributed by atoms with Crippen LogP contribution in [0.25, 0.3) is 0 Å². The van der Waals surface area contributed by atoms with Crippen LogP contribution in [0.2, 0.25) is 0 Å². The van der Waals surface area contributed by atoms with Gasteiger partial charge in [0.1, 0.15) is 0 Å². The first-order chi connectivity index (χ1) is 7.11. The van der Waals surface area contributed by atoms with Crippen LogP contribution < -0.4 is 5.32 Å². The number of anilines is 1. The number of carbonyl (C=O) groups is 1.